The van der Waals surface area contributed by atoms with Crippen molar-refractivity contribution in [1.82, 2.24) is 4.98 Å². The molecule has 20 heavy (non-hydrogen) atoms. The summed E-state index contributed by atoms with van der Waals surface area (Å²) in [5.74, 6) is 0. The fourth-order valence-corrected chi connectivity index (χ4v) is 2.74. The van der Waals surface area contributed by atoms with Gasteiger partial charge in [0.25, 0.3) is 0 Å². The average molecular weight is 281 g/mol. The van der Waals surface area contributed by atoms with Gasteiger partial charge in [0.1, 0.15) is 0 Å². The molecular formula is C16H15N3S. The molecule has 0 aliphatic carbocycles. The molecule has 0 fully saturated rings. The molecule has 100 valence electrons. The number of nitrogens with zero attached hydrogens (tertiary/aromatic N) is 1. The number of aromatic nitrogens is 1. The SMILES string of the molecule is Cc1ccccc1-c1csc(Nc2ccc(N)cc2)n1. The zero-order valence-corrected chi connectivity index (χ0v) is 11.9. The molecule has 2 aromatic carbocycles. The number of nitrogens with one attached hydrogen (secondary N) is 1. The summed E-state index contributed by atoms with van der Waals surface area (Å²) in [5, 5.41) is 6.25. The minimum absolute atomic E-state index is 0.760. The molecule has 3 N–H and O–H groups in total. The van der Waals surface area contributed by atoms with E-state index in [1.807, 2.05) is 36.4 Å². The predicted molar refractivity (Wildman–Crippen MR) is 86.4 cm³/mol. The van der Waals surface area contributed by atoms with Crippen LogP contribution in [0.25, 0.3) is 11.3 Å². The number of aryl methyl sites for hydroxylation is 1. The molecule has 0 atom stereocenters. The third kappa shape index (κ3) is 2.65. The first-order chi connectivity index (χ1) is 9.72. The van der Waals surface area contributed by atoms with Crippen molar-refractivity contribution in [3.63, 3.8) is 0 Å². The number of hydrogen-bond donors (Lipinski definition) is 2. The summed E-state index contributed by atoms with van der Waals surface area (Å²) in [5.41, 5.74) is 10.8. The van der Waals surface area contributed by atoms with Crippen molar-refractivity contribution in [2.45, 2.75) is 6.92 Å². The predicted octanol–water partition coefficient (Wildman–Crippen LogP) is 4.44. The Morgan fingerprint density at radius 1 is 1.05 bits per heavy atom. The summed E-state index contributed by atoms with van der Waals surface area (Å²) in [6.45, 7) is 2.10. The van der Waals surface area contributed by atoms with Gasteiger partial charge in [0.15, 0.2) is 5.13 Å². The van der Waals surface area contributed by atoms with Crippen LogP contribution in [0.4, 0.5) is 16.5 Å². The van der Waals surface area contributed by atoms with E-state index in [4.69, 9.17) is 5.73 Å². The maximum atomic E-state index is 5.68. The molecule has 3 nitrogen and oxygen atoms in total. The van der Waals surface area contributed by atoms with Crippen molar-refractivity contribution in [3.8, 4) is 11.3 Å². The molecular weight excluding hydrogens is 266 g/mol. The molecule has 0 aliphatic rings. The summed E-state index contributed by atoms with van der Waals surface area (Å²) in [6, 6.07) is 15.9. The molecule has 0 radical (unpaired) electrons. The lowest BCUT2D eigenvalue weighted by Gasteiger charge is -2.03. The largest absolute Gasteiger partial charge is 0.399 e. The maximum Gasteiger partial charge on any atom is 0.187 e. The number of benzene rings is 2. The maximum absolute atomic E-state index is 5.68. The number of rotatable bonds is 3. The van der Waals surface area contributed by atoms with Gasteiger partial charge in [0.2, 0.25) is 0 Å². The Hall–Kier alpha value is -2.33. The zero-order valence-electron chi connectivity index (χ0n) is 11.1. The molecule has 3 rings (SSSR count). The first-order valence-corrected chi connectivity index (χ1v) is 7.24. The summed E-state index contributed by atoms with van der Waals surface area (Å²) >= 11 is 1.60. The highest BCUT2D eigenvalue weighted by Gasteiger charge is 2.06. The van der Waals surface area contributed by atoms with Gasteiger partial charge >= 0.3 is 0 Å². The monoisotopic (exact) mass is 281 g/mol. The van der Waals surface area contributed by atoms with E-state index in [9.17, 15) is 0 Å². The van der Waals surface area contributed by atoms with Crippen molar-refractivity contribution in [1.29, 1.82) is 0 Å². The number of nitrogen functional groups attached to an aromatic ring is 1. The zero-order chi connectivity index (χ0) is 13.9. The van der Waals surface area contributed by atoms with Crippen LogP contribution < -0.4 is 11.1 Å². The average Bonchev–Trinajstić information content (AvgIpc) is 2.90. The van der Waals surface area contributed by atoms with Crippen LogP contribution in [0, 0.1) is 6.92 Å². The smallest absolute Gasteiger partial charge is 0.187 e. The van der Waals surface area contributed by atoms with Gasteiger partial charge in [-0.1, -0.05) is 24.3 Å². The Balaban J connectivity index is 1.84. The second-order valence-corrected chi connectivity index (χ2v) is 5.46. The van der Waals surface area contributed by atoms with Gasteiger partial charge in [-0.2, -0.15) is 0 Å². The number of thiazole rings is 1. The summed E-state index contributed by atoms with van der Waals surface area (Å²) < 4.78 is 0. The third-order valence-corrected chi connectivity index (χ3v) is 3.84. The van der Waals surface area contributed by atoms with E-state index < -0.39 is 0 Å². The number of anilines is 3. The fourth-order valence-electron chi connectivity index (χ4n) is 2.01. The van der Waals surface area contributed by atoms with E-state index in [2.05, 4.69) is 34.7 Å². The van der Waals surface area contributed by atoms with Crippen molar-refractivity contribution in [3.05, 3.63) is 59.5 Å². The Bertz CT molecular complexity index is 717. The van der Waals surface area contributed by atoms with Crippen LogP contribution >= 0.6 is 11.3 Å². The molecule has 1 aromatic heterocycles. The van der Waals surface area contributed by atoms with Gasteiger partial charge in [-0.25, -0.2) is 4.98 Å². The molecule has 0 bridgehead atoms. The molecule has 3 aromatic rings. The standard InChI is InChI=1S/C16H15N3S/c1-11-4-2-3-5-14(11)15-10-20-16(19-15)18-13-8-6-12(17)7-9-13/h2-10H,17H2,1H3,(H,18,19). The Kier molecular flexibility index (Phi) is 3.39. The van der Waals surface area contributed by atoms with Gasteiger partial charge in [0, 0.05) is 22.3 Å². The molecule has 0 aliphatic heterocycles. The third-order valence-electron chi connectivity index (χ3n) is 3.09. The van der Waals surface area contributed by atoms with E-state index in [0.29, 0.717) is 0 Å². The van der Waals surface area contributed by atoms with Gasteiger partial charge in [0.05, 0.1) is 5.69 Å². The van der Waals surface area contributed by atoms with Crippen molar-refractivity contribution in [2.24, 2.45) is 0 Å². The Labute approximate surface area is 122 Å². The Morgan fingerprint density at radius 2 is 1.80 bits per heavy atom. The lowest BCUT2D eigenvalue weighted by Crippen LogP contribution is -1.91. The first-order valence-electron chi connectivity index (χ1n) is 6.36. The van der Waals surface area contributed by atoms with E-state index in [0.717, 1.165) is 22.2 Å². The van der Waals surface area contributed by atoms with Crippen LogP contribution in [0.1, 0.15) is 5.56 Å². The highest BCUT2D eigenvalue weighted by molar-refractivity contribution is 7.14. The topological polar surface area (TPSA) is 50.9 Å². The van der Waals surface area contributed by atoms with Crippen LogP contribution in [0.15, 0.2) is 53.9 Å². The van der Waals surface area contributed by atoms with Gasteiger partial charge < -0.3 is 11.1 Å². The molecule has 4 heteroatoms. The highest BCUT2D eigenvalue weighted by Crippen LogP contribution is 2.29. The van der Waals surface area contributed by atoms with Crippen LogP contribution in [0.2, 0.25) is 0 Å². The van der Waals surface area contributed by atoms with Crippen molar-refractivity contribution >= 4 is 27.8 Å². The van der Waals surface area contributed by atoms with Crippen molar-refractivity contribution < 1.29 is 0 Å². The molecule has 0 saturated heterocycles. The van der Waals surface area contributed by atoms with E-state index in [-0.39, 0.29) is 0 Å². The molecule has 0 spiro atoms. The van der Waals surface area contributed by atoms with E-state index >= 15 is 0 Å². The lowest BCUT2D eigenvalue weighted by molar-refractivity contribution is 1.35. The van der Waals surface area contributed by atoms with Gasteiger partial charge in [-0.3, -0.25) is 0 Å². The second-order valence-electron chi connectivity index (χ2n) is 4.60. The van der Waals surface area contributed by atoms with E-state index in [1.54, 1.807) is 11.3 Å². The number of nitrogens with two attached hydrogens (primary N) is 1. The summed E-state index contributed by atoms with van der Waals surface area (Å²) in [4.78, 5) is 4.64. The molecule has 1 heterocycles. The quantitative estimate of drug-likeness (QED) is 0.698. The minimum Gasteiger partial charge on any atom is -0.399 e. The summed E-state index contributed by atoms with van der Waals surface area (Å²) in [7, 11) is 0. The first kappa shape index (κ1) is 12.7. The van der Waals surface area contributed by atoms with Crippen LogP contribution in [0.3, 0.4) is 0 Å². The van der Waals surface area contributed by atoms with E-state index in [1.165, 1.54) is 11.1 Å². The Morgan fingerprint density at radius 3 is 2.55 bits per heavy atom. The fraction of sp³-hybridized carbons (Fsp3) is 0.0625. The van der Waals surface area contributed by atoms with Crippen molar-refractivity contribution in [2.75, 3.05) is 11.1 Å². The van der Waals surface area contributed by atoms with Crippen LogP contribution in [-0.4, -0.2) is 4.98 Å². The number of hydrogen-bond acceptors (Lipinski definition) is 4. The minimum atomic E-state index is 0.760. The normalized spacial score (nSPS) is 10.4. The summed E-state index contributed by atoms with van der Waals surface area (Å²) in [6.07, 6.45) is 0. The van der Waals surface area contributed by atoms with Gasteiger partial charge in [-0.15, -0.1) is 11.3 Å². The van der Waals surface area contributed by atoms with Gasteiger partial charge in [-0.05, 0) is 36.8 Å². The van der Waals surface area contributed by atoms with Crippen LogP contribution in [0.5, 0.6) is 0 Å². The highest BCUT2D eigenvalue weighted by atomic mass is 32.1. The molecule has 0 unspecified atom stereocenters. The van der Waals surface area contributed by atoms with Crippen LogP contribution in [-0.2, 0) is 0 Å². The lowest BCUT2D eigenvalue weighted by atomic mass is 10.1. The molecule has 0 saturated carbocycles. The molecule has 0 amide bonds. The second kappa shape index (κ2) is 5.35.